The normalized spacial score (nSPS) is 17.9. The molecule has 1 unspecified atom stereocenters. The molecule has 130 valence electrons. The highest BCUT2D eigenvalue weighted by atomic mass is 32.1. The number of thiophene rings is 1. The third kappa shape index (κ3) is 3.45. The summed E-state index contributed by atoms with van der Waals surface area (Å²) < 4.78 is 5.23. The average molecular weight is 354 g/mol. The molecule has 1 N–H and O–H groups in total. The van der Waals surface area contributed by atoms with Crippen LogP contribution < -0.4 is 10.1 Å². The lowest BCUT2D eigenvalue weighted by Gasteiger charge is -2.17. The summed E-state index contributed by atoms with van der Waals surface area (Å²) in [5, 5.41) is 6.95. The van der Waals surface area contributed by atoms with Gasteiger partial charge in [-0.05, 0) is 42.0 Å². The quantitative estimate of drug-likeness (QED) is 0.757. The Morgan fingerprint density at radius 3 is 2.92 bits per heavy atom. The van der Waals surface area contributed by atoms with Crippen molar-refractivity contribution < 1.29 is 4.74 Å². The molecular weight excluding hydrogens is 332 g/mol. The predicted molar refractivity (Wildman–Crippen MR) is 102 cm³/mol. The number of fused-ring (bicyclic) bond motifs is 1. The minimum Gasteiger partial charge on any atom is -0.497 e. The number of hydrogen-bond acceptors (Lipinski definition) is 6. The number of aromatic nitrogens is 2. The van der Waals surface area contributed by atoms with Crippen molar-refractivity contribution in [3.05, 3.63) is 47.1 Å². The molecule has 2 aromatic heterocycles. The number of rotatable bonds is 5. The van der Waals surface area contributed by atoms with Gasteiger partial charge in [0.15, 0.2) is 0 Å². The Morgan fingerprint density at radius 2 is 2.12 bits per heavy atom. The summed E-state index contributed by atoms with van der Waals surface area (Å²) in [6.07, 6.45) is 2.79. The van der Waals surface area contributed by atoms with Gasteiger partial charge < -0.3 is 10.1 Å². The zero-order valence-corrected chi connectivity index (χ0v) is 15.3. The number of methoxy groups -OCH3 is 1. The maximum absolute atomic E-state index is 5.23. The van der Waals surface area contributed by atoms with Gasteiger partial charge >= 0.3 is 0 Å². The second-order valence-corrected chi connectivity index (χ2v) is 7.39. The van der Waals surface area contributed by atoms with Gasteiger partial charge in [0.2, 0.25) is 0 Å². The first kappa shape index (κ1) is 16.3. The highest BCUT2D eigenvalue weighted by Crippen LogP contribution is 2.29. The van der Waals surface area contributed by atoms with Crippen molar-refractivity contribution >= 4 is 27.4 Å². The third-order valence-corrected chi connectivity index (χ3v) is 5.74. The maximum atomic E-state index is 5.23. The predicted octanol–water partition coefficient (Wildman–Crippen LogP) is 3.69. The molecular formula is C19H22N4OS. The van der Waals surface area contributed by atoms with E-state index in [0.29, 0.717) is 6.04 Å². The average Bonchev–Trinajstić information content (AvgIpc) is 3.23. The summed E-state index contributed by atoms with van der Waals surface area (Å²) in [6.45, 7) is 5.22. The third-order valence-electron chi connectivity index (χ3n) is 4.73. The maximum Gasteiger partial charge on any atom is 0.138 e. The Kier molecular flexibility index (Phi) is 4.55. The number of nitrogens with zero attached hydrogens (tertiary/aromatic N) is 3. The van der Waals surface area contributed by atoms with Crippen molar-refractivity contribution in [3.63, 3.8) is 0 Å². The molecule has 3 heterocycles. The summed E-state index contributed by atoms with van der Waals surface area (Å²) in [4.78, 5) is 12.4. The van der Waals surface area contributed by atoms with Crippen molar-refractivity contribution in [1.29, 1.82) is 0 Å². The first-order valence-electron chi connectivity index (χ1n) is 8.53. The molecule has 0 amide bonds. The number of benzene rings is 1. The highest BCUT2D eigenvalue weighted by Gasteiger charge is 2.23. The van der Waals surface area contributed by atoms with Gasteiger partial charge in [-0.25, -0.2) is 9.97 Å². The van der Waals surface area contributed by atoms with E-state index in [1.54, 1.807) is 24.8 Å². The molecule has 25 heavy (non-hydrogen) atoms. The number of nitrogens with one attached hydrogen (secondary N) is 1. The molecule has 1 aliphatic rings. The van der Waals surface area contributed by atoms with E-state index in [1.807, 2.05) is 12.1 Å². The molecule has 0 aliphatic carbocycles. The fourth-order valence-electron chi connectivity index (χ4n) is 3.40. The largest absolute Gasteiger partial charge is 0.497 e. The molecule has 1 aliphatic heterocycles. The molecule has 0 saturated carbocycles. The van der Waals surface area contributed by atoms with Gasteiger partial charge in [-0.1, -0.05) is 12.1 Å². The molecule has 4 rings (SSSR count). The molecule has 1 atom stereocenters. The Labute approximate surface area is 151 Å². The van der Waals surface area contributed by atoms with Crippen LogP contribution in [0.4, 0.5) is 5.82 Å². The monoisotopic (exact) mass is 354 g/mol. The van der Waals surface area contributed by atoms with Crippen LogP contribution in [0.25, 0.3) is 10.2 Å². The lowest BCUT2D eigenvalue weighted by molar-refractivity contribution is 0.328. The van der Waals surface area contributed by atoms with Crippen LogP contribution in [0.15, 0.2) is 36.0 Å². The standard InChI is InChI=1S/C19H22N4OS/c1-13-11-25-19-17(13)18(20-12-21-19)22-15-7-8-23(10-15)9-14-3-5-16(24-2)6-4-14/h3-6,11-12,15H,7-10H2,1-2H3,(H,20,21,22). The van der Waals surface area contributed by atoms with Crippen LogP contribution in [-0.4, -0.2) is 41.1 Å². The van der Waals surface area contributed by atoms with Crippen LogP contribution in [0, 0.1) is 6.92 Å². The van der Waals surface area contributed by atoms with E-state index < -0.39 is 0 Å². The Hall–Kier alpha value is -2.18. The minimum atomic E-state index is 0.427. The summed E-state index contributed by atoms with van der Waals surface area (Å²) in [7, 11) is 1.70. The highest BCUT2D eigenvalue weighted by molar-refractivity contribution is 7.17. The minimum absolute atomic E-state index is 0.427. The van der Waals surface area contributed by atoms with Gasteiger partial charge in [-0.2, -0.15) is 0 Å². The summed E-state index contributed by atoms with van der Waals surface area (Å²) >= 11 is 1.68. The fraction of sp³-hybridized carbons (Fsp3) is 0.368. The van der Waals surface area contributed by atoms with E-state index in [1.165, 1.54) is 16.5 Å². The first-order valence-corrected chi connectivity index (χ1v) is 9.41. The smallest absolute Gasteiger partial charge is 0.138 e. The van der Waals surface area contributed by atoms with Crippen LogP contribution >= 0.6 is 11.3 Å². The second kappa shape index (κ2) is 6.98. The van der Waals surface area contributed by atoms with E-state index >= 15 is 0 Å². The van der Waals surface area contributed by atoms with Crippen molar-refractivity contribution in [3.8, 4) is 5.75 Å². The van der Waals surface area contributed by atoms with Crippen LogP contribution in [-0.2, 0) is 6.54 Å². The van der Waals surface area contributed by atoms with Gasteiger partial charge in [-0.15, -0.1) is 11.3 Å². The van der Waals surface area contributed by atoms with Crippen molar-refractivity contribution in [2.75, 3.05) is 25.5 Å². The Bertz CT molecular complexity index is 861. The van der Waals surface area contributed by atoms with E-state index in [-0.39, 0.29) is 0 Å². The Balaban J connectivity index is 1.41. The van der Waals surface area contributed by atoms with E-state index in [4.69, 9.17) is 4.74 Å². The molecule has 1 fully saturated rings. The molecule has 5 nitrogen and oxygen atoms in total. The van der Waals surface area contributed by atoms with Crippen molar-refractivity contribution in [2.24, 2.45) is 0 Å². The lowest BCUT2D eigenvalue weighted by atomic mass is 10.2. The Morgan fingerprint density at radius 1 is 1.28 bits per heavy atom. The number of anilines is 1. The fourth-order valence-corrected chi connectivity index (χ4v) is 4.29. The van der Waals surface area contributed by atoms with Crippen LogP contribution in [0.1, 0.15) is 17.5 Å². The zero-order chi connectivity index (χ0) is 17.2. The van der Waals surface area contributed by atoms with Crippen LogP contribution in [0.3, 0.4) is 0 Å². The summed E-state index contributed by atoms with van der Waals surface area (Å²) in [6, 6.07) is 8.76. The second-order valence-electron chi connectivity index (χ2n) is 6.53. The molecule has 1 aromatic carbocycles. The number of aryl methyl sites for hydroxylation is 1. The van der Waals surface area contributed by atoms with Crippen molar-refractivity contribution in [1.82, 2.24) is 14.9 Å². The van der Waals surface area contributed by atoms with E-state index in [0.717, 1.165) is 42.5 Å². The molecule has 0 spiro atoms. The summed E-state index contributed by atoms with van der Waals surface area (Å²) in [5.74, 6) is 1.88. The zero-order valence-electron chi connectivity index (χ0n) is 14.5. The van der Waals surface area contributed by atoms with E-state index in [9.17, 15) is 0 Å². The SMILES string of the molecule is COc1ccc(CN2CCC(Nc3ncnc4scc(C)c34)C2)cc1. The van der Waals surface area contributed by atoms with Gasteiger partial charge in [0, 0.05) is 25.7 Å². The lowest BCUT2D eigenvalue weighted by Crippen LogP contribution is -2.26. The molecule has 0 radical (unpaired) electrons. The number of likely N-dealkylation sites (tertiary alicyclic amines) is 1. The topological polar surface area (TPSA) is 50.3 Å². The number of ether oxygens (including phenoxy) is 1. The van der Waals surface area contributed by atoms with Gasteiger partial charge in [0.25, 0.3) is 0 Å². The first-order chi connectivity index (χ1) is 12.2. The summed E-state index contributed by atoms with van der Waals surface area (Å²) in [5.41, 5.74) is 2.57. The van der Waals surface area contributed by atoms with Crippen LogP contribution in [0.5, 0.6) is 5.75 Å². The van der Waals surface area contributed by atoms with E-state index in [2.05, 4.69) is 44.6 Å². The number of hydrogen-bond donors (Lipinski definition) is 1. The molecule has 0 bridgehead atoms. The van der Waals surface area contributed by atoms with Crippen LogP contribution in [0.2, 0.25) is 0 Å². The van der Waals surface area contributed by atoms with Crippen molar-refractivity contribution in [2.45, 2.75) is 25.9 Å². The van der Waals surface area contributed by atoms with Gasteiger partial charge in [0.1, 0.15) is 22.7 Å². The molecule has 3 aromatic rings. The molecule has 6 heteroatoms. The van der Waals surface area contributed by atoms with Gasteiger partial charge in [-0.3, -0.25) is 4.90 Å². The molecule has 1 saturated heterocycles. The van der Waals surface area contributed by atoms with Gasteiger partial charge in [0.05, 0.1) is 12.5 Å².